The molecule has 2 aromatic carbocycles. The molecule has 0 aliphatic carbocycles. The van der Waals surface area contributed by atoms with Crippen LogP contribution in [-0.4, -0.2) is 44.0 Å². The molecule has 0 saturated carbocycles. The second-order valence-corrected chi connectivity index (χ2v) is 11.1. The summed E-state index contributed by atoms with van der Waals surface area (Å²) in [6.07, 6.45) is 10.2. The van der Waals surface area contributed by atoms with Gasteiger partial charge in [0.1, 0.15) is 23.7 Å². The summed E-state index contributed by atoms with van der Waals surface area (Å²) in [5.74, 6) is 0. The van der Waals surface area contributed by atoms with Crippen LogP contribution in [0, 0.1) is 22.7 Å². The SMILES string of the molecule is N#Cc1cc(-n2cnc3cccnc32)cc(-n2cnc3cccnc32)c1.N#Cc1cc(Br)cc(Br)c1.[Cu][I].c1cnc2nc[nH]c2c1. The van der Waals surface area contributed by atoms with Crippen LogP contribution in [0.4, 0.5) is 0 Å². The average molecular weight is 908 g/mol. The van der Waals surface area contributed by atoms with Crippen molar-refractivity contribution in [3.05, 3.63) is 130 Å². The standard InChI is InChI=1S/C19H11N7.C7H3Br2N.C6H5N3.Cu.HI/c20-10-13-7-14(25-11-23-16-3-1-5-21-18(16)25)9-15(8-13)26-12-24-17-4-2-6-22-19(17)26;8-6-1-5(4-10)2-7(9)3-6;1-2-5-6(7-3-1)9-4-8-5;;/h1-9,11-12H;1-3H;1-4H,(H,7,8,9);;1H/q;;;+1;/p-1. The van der Waals surface area contributed by atoms with Crippen molar-refractivity contribution in [1.29, 1.82) is 10.5 Å². The minimum atomic E-state index is 0.535. The maximum atomic E-state index is 9.48. The van der Waals surface area contributed by atoms with Crippen LogP contribution in [0.5, 0.6) is 0 Å². The van der Waals surface area contributed by atoms with E-state index in [9.17, 15) is 5.26 Å². The van der Waals surface area contributed by atoms with Gasteiger partial charge in [-0.2, -0.15) is 10.5 Å². The minimum Gasteiger partial charge on any atom is -0.343 e. The summed E-state index contributed by atoms with van der Waals surface area (Å²) in [5, 5.41) is 18.0. The molecule has 0 spiro atoms. The zero-order chi connectivity index (χ0) is 33.2. The van der Waals surface area contributed by atoms with E-state index < -0.39 is 0 Å². The number of nitriles is 2. The zero-order valence-corrected chi connectivity index (χ0v) is 30.1. The predicted molar refractivity (Wildman–Crippen MR) is 190 cm³/mol. The quantitative estimate of drug-likeness (QED) is 0.136. The van der Waals surface area contributed by atoms with Crippen molar-refractivity contribution in [2.75, 3.05) is 0 Å². The maximum Gasteiger partial charge on any atom is 0.177 e. The van der Waals surface area contributed by atoms with Gasteiger partial charge in [0.25, 0.3) is 0 Å². The van der Waals surface area contributed by atoms with Gasteiger partial charge in [-0.25, -0.2) is 29.9 Å². The smallest absolute Gasteiger partial charge is 0.177 e. The first-order chi connectivity index (χ1) is 23.0. The van der Waals surface area contributed by atoms with Gasteiger partial charge in [-0.3, -0.25) is 9.13 Å². The van der Waals surface area contributed by atoms with E-state index in [1.54, 1.807) is 70.0 Å². The summed E-state index contributed by atoms with van der Waals surface area (Å²) < 4.78 is 5.56. The second kappa shape index (κ2) is 16.4. The van der Waals surface area contributed by atoms with Crippen LogP contribution in [0.3, 0.4) is 0 Å². The van der Waals surface area contributed by atoms with E-state index in [1.165, 1.54) is 0 Å². The van der Waals surface area contributed by atoms with Gasteiger partial charge >= 0.3 is 33.1 Å². The topological polar surface area (TPSA) is 151 Å². The molecule has 1 N–H and O–H groups in total. The Morgan fingerprint density at radius 1 is 0.638 bits per heavy atom. The Hall–Kier alpha value is -4.51. The Labute approximate surface area is 304 Å². The molecule has 8 aromatic rings. The molecule has 0 fully saturated rings. The number of hydrogen-bond donors (Lipinski definition) is 1. The molecule has 6 heterocycles. The number of rotatable bonds is 2. The van der Waals surface area contributed by atoms with E-state index in [-0.39, 0.29) is 0 Å². The number of H-pyrrole nitrogens is 1. The van der Waals surface area contributed by atoms with Gasteiger partial charge in [-0.15, -0.1) is 0 Å². The fourth-order valence-electron chi connectivity index (χ4n) is 4.41. The molecule has 234 valence electrons. The van der Waals surface area contributed by atoms with Crippen LogP contribution in [0.25, 0.3) is 44.9 Å². The monoisotopic (exact) mass is 905 g/mol. The number of benzene rings is 2. The van der Waals surface area contributed by atoms with Crippen molar-refractivity contribution in [2.45, 2.75) is 0 Å². The van der Waals surface area contributed by atoms with Gasteiger partial charge in [0.2, 0.25) is 0 Å². The van der Waals surface area contributed by atoms with E-state index in [4.69, 9.17) is 5.26 Å². The summed E-state index contributed by atoms with van der Waals surface area (Å²) in [6, 6.07) is 26.6. The van der Waals surface area contributed by atoms with Gasteiger partial charge in [0.15, 0.2) is 16.9 Å². The molecule has 47 heavy (non-hydrogen) atoms. The number of imidazole rings is 3. The molecule has 0 aliphatic rings. The van der Waals surface area contributed by atoms with E-state index >= 15 is 0 Å². The summed E-state index contributed by atoms with van der Waals surface area (Å²) in [4.78, 5) is 28.5. The first-order valence-corrected chi connectivity index (χ1v) is 18.0. The summed E-state index contributed by atoms with van der Waals surface area (Å²) in [5.41, 5.74) is 7.63. The average Bonchev–Trinajstić information content (AvgIpc) is 3.88. The first kappa shape index (κ1) is 33.8. The van der Waals surface area contributed by atoms with Crippen molar-refractivity contribution in [3.63, 3.8) is 0 Å². The summed E-state index contributed by atoms with van der Waals surface area (Å²) in [6.45, 7) is 0. The second-order valence-electron chi connectivity index (χ2n) is 9.32. The number of aromatic nitrogens is 9. The number of halogens is 3. The number of aromatic amines is 1. The number of pyridine rings is 3. The molecular formula is C32H19Br2CuIN11. The number of hydrogen-bond acceptors (Lipinski definition) is 8. The molecule has 0 bridgehead atoms. The largest absolute Gasteiger partial charge is 0.343 e. The van der Waals surface area contributed by atoms with Crippen LogP contribution in [-0.2, 0) is 12.8 Å². The predicted octanol–water partition coefficient (Wildman–Crippen LogP) is 7.95. The third-order valence-corrected chi connectivity index (χ3v) is 7.30. The van der Waals surface area contributed by atoms with E-state index in [1.807, 2.05) is 75.9 Å². The van der Waals surface area contributed by atoms with Gasteiger partial charge in [0, 0.05) is 27.5 Å². The maximum absolute atomic E-state index is 9.48. The van der Waals surface area contributed by atoms with E-state index in [2.05, 4.69) is 85.6 Å². The van der Waals surface area contributed by atoms with Crippen LogP contribution in [0.2, 0.25) is 0 Å². The normalized spacial score (nSPS) is 10.1. The zero-order valence-electron chi connectivity index (χ0n) is 23.8. The van der Waals surface area contributed by atoms with Crippen LogP contribution in [0.15, 0.2) is 119 Å². The van der Waals surface area contributed by atoms with Crippen molar-refractivity contribution in [2.24, 2.45) is 0 Å². The Morgan fingerprint density at radius 3 is 1.68 bits per heavy atom. The molecule has 8 rings (SSSR count). The molecule has 0 radical (unpaired) electrons. The van der Waals surface area contributed by atoms with Gasteiger partial charge in [-0.05, 0) is 72.8 Å². The van der Waals surface area contributed by atoms with Crippen molar-refractivity contribution in [1.82, 2.24) is 44.0 Å². The number of nitrogens with zero attached hydrogens (tertiary/aromatic N) is 10. The van der Waals surface area contributed by atoms with E-state index in [0.29, 0.717) is 11.1 Å². The van der Waals surface area contributed by atoms with Crippen molar-refractivity contribution in [3.8, 4) is 23.5 Å². The van der Waals surface area contributed by atoms with Crippen LogP contribution < -0.4 is 0 Å². The molecular weight excluding hydrogens is 889 g/mol. The van der Waals surface area contributed by atoms with Crippen LogP contribution >= 0.6 is 52.2 Å². The fraction of sp³-hybridized carbons (Fsp3) is 0. The summed E-state index contributed by atoms with van der Waals surface area (Å²) >= 11 is 12.4. The summed E-state index contributed by atoms with van der Waals surface area (Å²) in [7, 11) is 0. The number of fused-ring (bicyclic) bond motifs is 3. The molecule has 11 nitrogen and oxygen atoms in total. The first-order valence-electron chi connectivity index (χ1n) is 13.4. The van der Waals surface area contributed by atoms with E-state index in [0.717, 1.165) is 53.8 Å². The van der Waals surface area contributed by atoms with Gasteiger partial charge < -0.3 is 4.98 Å². The number of nitrogens with one attached hydrogen (secondary N) is 1. The fourth-order valence-corrected chi connectivity index (χ4v) is 5.70. The molecule has 0 unspecified atom stereocenters. The molecule has 15 heteroatoms. The van der Waals surface area contributed by atoms with Crippen LogP contribution in [0.1, 0.15) is 11.1 Å². The third kappa shape index (κ3) is 8.26. The van der Waals surface area contributed by atoms with Crippen molar-refractivity contribution >= 4 is 85.7 Å². The Morgan fingerprint density at radius 2 is 1.15 bits per heavy atom. The third-order valence-electron chi connectivity index (χ3n) is 6.39. The molecule has 6 aromatic heterocycles. The molecule has 0 atom stereocenters. The minimum absolute atomic E-state index is 0.535. The Kier molecular flexibility index (Phi) is 11.8. The molecule has 0 saturated heterocycles. The molecule has 0 aliphatic heterocycles. The molecule has 0 amide bonds. The van der Waals surface area contributed by atoms with Crippen molar-refractivity contribution < 1.29 is 12.8 Å². The Balaban J connectivity index is 0.000000169. The van der Waals surface area contributed by atoms with Gasteiger partial charge in [-0.1, -0.05) is 31.9 Å². The Bertz CT molecular complexity index is 2230. The van der Waals surface area contributed by atoms with Gasteiger partial charge in [0.05, 0.1) is 46.5 Å².